The second-order valence-electron chi connectivity index (χ2n) is 9.09. The minimum Gasteiger partial charge on any atom is -0.490 e. The molecule has 10 heteroatoms. The average Bonchev–Trinajstić information content (AvgIpc) is 2.82. The fourth-order valence-electron chi connectivity index (χ4n) is 4.01. The normalized spacial score (nSPS) is 15.6. The zero-order chi connectivity index (χ0) is 25.2. The third-order valence-electron chi connectivity index (χ3n) is 5.91. The Morgan fingerprint density at radius 1 is 1.17 bits per heavy atom. The number of likely N-dealkylation sites (tertiary alicyclic amines) is 1. The van der Waals surface area contributed by atoms with Crippen LogP contribution in [0.1, 0.15) is 37.2 Å². The van der Waals surface area contributed by atoms with Crippen molar-refractivity contribution < 1.29 is 23.8 Å². The molecule has 0 radical (unpaired) electrons. The van der Waals surface area contributed by atoms with E-state index in [0.29, 0.717) is 42.7 Å². The molecule has 2 heterocycles. The van der Waals surface area contributed by atoms with E-state index in [0.717, 1.165) is 0 Å². The van der Waals surface area contributed by atoms with E-state index in [1.54, 1.807) is 41.3 Å². The number of aromatic nitrogens is 2. The largest absolute Gasteiger partial charge is 0.490 e. The third kappa shape index (κ3) is 5.65. The summed E-state index contributed by atoms with van der Waals surface area (Å²) in [7, 11) is 0. The Morgan fingerprint density at radius 2 is 1.83 bits per heavy atom. The van der Waals surface area contributed by atoms with E-state index in [1.165, 1.54) is 26.0 Å². The predicted octanol–water partition coefficient (Wildman–Crippen LogP) is 2.00. The van der Waals surface area contributed by atoms with Gasteiger partial charge in [-0.3, -0.25) is 14.4 Å². The molecule has 3 aromatic rings. The lowest BCUT2D eigenvalue weighted by Crippen LogP contribution is -2.60. The molecule has 4 rings (SSSR count). The minimum absolute atomic E-state index is 0.153. The molecule has 1 saturated heterocycles. The predicted molar refractivity (Wildman–Crippen MR) is 127 cm³/mol. The number of H-pyrrole nitrogens is 1. The second-order valence-corrected chi connectivity index (χ2v) is 9.09. The lowest BCUT2D eigenvalue weighted by atomic mass is 9.96. The van der Waals surface area contributed by atoms with E-state index < -0.39 is 34.7 Å². The molecule has 35 heavy (non-hydrogen) atoms. The van der Waals surface area contributed by atoms with Crippen LogP contribution in [0.2, 0.25) is 0 Å². The molecule has 9 nitrogen and oxygen atoms in total. The van der Waals surface area contributed by atoms with E-state index in [9.17, 15) is 23.9 Å². The number of nitrogens with zero attached hydrogens (tertiary/aromatic N) is 2. The molecule has 1 atom stereocenters. The van der Waals surface area contributed by atoms with Crippen molar-refractivity contribution in [3.63, 3.8) is 0 Å². The number of amides is 2. The van der Waals surface area contributed by atoms with Crippen LogP contribution in [0.25, 0.3) is 11.0 Å². The summed E-state index contributed by atoms with van der Waals surface area (Å²) < 4.78 is 19.0. The van der Waals surface area contributed by atoms with Gasteiger partial charge in [0.15, 0.2) is 5.69 Å². The van der Waals surface area contributed by atoms with Crippen LogP contribution in [-0.2, 0) is 4.79 Å². The molecule has 1 aliphatic rings. The number of rotatable bonds is 6. The molecule has 0 spiro atoms. The van der Waals surface area contributed by atoms with Gasteiger partial charge in [0.05, 0.1) is 16.6 Å². The molecule has 1 aromatic heterocycles. The number of aliphatic hydroxyl groups is 1. The van der Waals surface area contributed by atoms with Crippen LogP contribution in [0.4, 0.5) is 4.39 Å². The fraction of sp³-hybridized carbons (Fsp3) is 0.360. The van der Waals surface area contributed by atoms with Crippen LogP contribution in [0.15, 0.2) is 53.3 Å². The maximum absolute atomic E-state index is 13.3. The standard InChI is InChI=1S/C25H27FN4O5/c1-25(2,34)21(29-23(32)20-22(31)28-19-6-4-3-5-18(19)27-20)24(33)30-13-11-17(12-14-30)35-16-9-7-15(26)8-10-16/h3-10,17,21,34H,11-14H2,1-2H3,(H,28,31)(H,29,32)/t21-/m1/s1. The Labute approximate surface area is 200 Å². The van der Waals surface area contributed by atoms with Gasteiger partial charge in [-0.2, -0.15) is 0 Å². The average molecular weight is 483 g/mol. The van der Waals surface area contributed by atoms with Crippen molar-refractivity contribution in [1.82, 2.24) is 20.2 Å². The first-order valence-corrected chi connectivity index (χ1v) is 11.3. The molecular formula is C25H27FN4O5. The highest BCUT2D eigenvalue weighted by Gasteiger charge is 2.39. The molecule has 0 aliphatic carbocycles. The molecule has 0 saturated carbocycles. The van der Waals surface area contributed by atoms with Crippen molar-refractivity contribution in [2.45, 2.75) is 44.4 Å². The molecule has 184 valence electrons. The fourth-order valence-corrected chi connectivity index (χ4v) is 4.01. The smallest absolute Gasteiger partial charge is 0.280 e. The number of carbonyl (C=O) groups is 2. The van der Waals surface area contributed by atoms with Crippen molar-refractivity contribution in [2.75, 3.05) is 13.1 Å². The number of hydrogen-bond donors (Lipinski definition) is 3. The van der Waals surface area contributed by atoms with Gasteiger partial charge in [-0.05, 0) is 50.2 Å². The highest BCUT2D eigenvalue weighted by atomic mass is 19.1. The zero-order valence-corrected chi connectivity index (χ0v) is 19.5. The van der Waals surface area contributed by atoms with Crippen molar-refractivity contribution >= 4 is 22.8 Å². The second kappa shape index (κ2) is 9.83. The van der Waals surface area contributed by atoms with Crippen LogP contribution >= 0.6 is 0 Å². The molecule has 2 aromatic carbocycles. The number of nitrogens with one attached hydrogen (secondary N) is 2. The monoisotopic (exact) mass is 482 g/mol. The Balaban J connectivity index is 1.44. The number of carbonyl (C=O) groups excluding carboxylic acids is 2. The van der Waals surface area contributed by atoms with E-state index in [2.05, 4.69) is 15.3 Å². The summed E-state index contributed by atoms with van der Waals surface area (Å²) in [5.74, 6) is -1.13. The van der Waals surface area contributed by atoms with Crippen molar-refractivity contribution in [1.29, 1.82) is 0 Å². The molecule has 3 N–H and O–H groups in total. The highest BCUT2D eigenvalue weighted by Crippen LogP contribution is 2.21. The lowest BCUT2D eigenvalue weighted by molar-refractivity contribution is -0.140. The summed E-state index contributed by atoms with van der Waals surface area (Å²) in [6, 6.07) is 11.2. The Hall–Kier alpha value is -3.79. The van der Waals surface area contributed by atoms with Gasteiger partial charge in [-0.25, -0.2) is 9.37 Å². The molecule has 0 unspecified atom stereocenters. The first-order valence-electron chi connectivity index (χ1n) is 11.3. The number of ether oxygens (including phenoxy) is 1. The van der Waals surface area contributed by atoms with Crippen LogP contribution < -0.4 is 15.6 Å². The van der Waals surface area contributed by atoms with E-state index in [-0.39, 0.29) is 11.9 Å². The highest BCUT2D eigenvalue weighted by molar-refractivity contribution is 5.97. The van der Waals surface area contributed by atoms with Crippen LogP contribution in [0.3, 0.4) is 0 Å². The maximum atomic E-state index is 13.3. The number of benzene rings is 2. The van der Waals surface area contributed by atoms with Crippen LogP contribution in [0.5, 0.6) is 5.75 Å². The van der Waals surface area contributed by atoms with Gasteiger partial charge < -0.3 is 25.0 Å². The summed E-state index contributed by atoms with van der Waals surface area (Å²) in [4.78, 5) is 46.9. The molecule has 1 aliphatic heterocycles. The maximum Gasteiger partial charge on any atom is 0.280 e. The first-order chi connectivity index (χ1) is 16.6. The Kier molecular flexibility index (Phi) is 6.83. The Morgan fingerprint density at radius 3 is 2.49 bits per heavy atom. The molecule has 0 bridgehead atoms. The van der Waals surface area contributed by atoms with Gasteiger partial charge in [-0.1, -0.05) is 12.1 Å². The van der Waals surface area contributed by atoms with Crippen molar-refractivity contribution in [2.24, 2.45) is 0 Å². The number of fused-ring (bicyclic) bond motifs is 1. The van der Waals surface area contributed by atoms with Crippen LogP contribution in [-0.4, -0.2) is 62.6 Å². The van der Waals surface area contributed by atoms with Gasteiger partial charge in [0.2, 0.25) is 5.91 Å². The SMILES string of the molecule is CC(C)(O)[C@H](NC(=O)c1nc2ccccc2[nH]c1=O)C(=O)N1CCC(Oc2ccc(F)cc2)CC1. The summed E-state index contributed by atoms with van der Waals surface area (Å²) in [6.45, 7) is 3.53. The third-order valence-corrected chi connectivity index (χ3v) is 5.91. The molecule has 1 fully saturated rings. The molecular weight excluding hydrogens is 455 g/mol. The summed E-state index contributed by atoms with van der Waals surface area (Å²) in [6.07, 6.45) is 0.906. The minimum atomic E-state index is -1.60. The number of hydrogen-bond acceptors (Lipinski definition) is 6. The summed E-state index contributed by atoms with van der Waals surface area (Å²) in [5, 5.41) is 13.2. The van der Waals surface area contributed by atoms with Gasteiger partial charge in [-0.15, -0.1) is 0 Å². The Bertz CT molecular complexity index is 1280. The quantitative estimate of drug-likeness (QED) is 0.494. The van der Waals surface area contributed by atoms with Gasteiger partial charge in [0.25, 0.3) is 11.5 Å². The van der Waals surface area contributed by atoms with E-state index in [4.69, 9.17) is 4.74 Å². The first kappa shape index (κ1) is 24.3. The summed E-state index contributed by atoms with van der Waals surface area (Å²) in [5.41, 5.74) is -1.78. The van der Waals surface area contributed by atoms with E-state index in [1.807, 2.05) is 0 Å². The summed E-state index contributed by atoms with van der Waals surface area (Å²) >= 11 is 0. The van der Waals surface area contributed by atoms with Crippen molar-refractivity contribution in [3.05, 3.63) is 70.4 Å². The van der Waals surface area contributed by atoms with E-state index >= 15 is 0 Å². The topological polar surface area (TPSA) is 125 Å². The van der Waals surface area contributed by atoms with Crippen LogP contribution in [0, 0.1) is 5.82 Å². The molecule has 2 amide bonds. The van der Waals surface area contributed by atoms with Gasteiger partial charge in [0.1, 0.15) is 23.7 Å². The van der Waals surface area contributed by atoms with Crippen molar-refractivity contribution in [3.8, 4) is 5.75 Å². The van der Waals surface area contributed by atoms with Gasteiger partial charge in [0, 0.05) is 25.9 Å². The number of halogens is 1. The number of para-hydroxylation sites is 2. The number of piperidine rings is 1. The zero-order valence-electron chi connectivity index (χ0n) is 19.5. The van der Waals surface area contributed by atoms with Gasteiger partial charge >= 0.3 is 0 Å². The number of aromatic amines is 1. The lowest BCUT2D eigenvalue weighted by Gasteiger charge is -2.37.